The molecule has 16 aromatic heterocycles. The highest BCUT2D eigenvalue weighted by Crippen LogP contribution is 2.45. The van der Waals surface area contributed by atoms with E-state index in [1.807, 2.05) is 219 Å². The molecule has 0 spiro atoms. The molecule has 129 heavy (non-hydrogen) atoms. The third-order valence-corrected chi connectivity index (χ3v) is 24.8. The fourth-order valence-corrected chi connectivity index (χ4v) is 19.2. The zero-order chi connectivity index (χ0) is 85.7. The first kappa shape index (κ1) is 75.8. The molecule has 0 radical (unpaired) electrons. The largest absolute Gasteiger partial charge is 0.489 e. The van der Waals surface area contributed by atoms with Gasteiger partial charge in [-0.2, -0.15) is 4.73 Å². The molecule has 0 amide bonds. The number of pyridine rings is 8. The van der Waals surface area contributed by atoms with Crippen molar-refractivity contribution < 1.29 is 14.7 Å². The SMILES string of the molecule is Brc1cc(Br)c2[nH]cc(-c3nc4c5cccnc5c5ncccc5c4[nH]3)c2c1.On1c(-c2ccccc2)c(-c2nc3c4cccnc4c4ncccc4c3[nH]2)c2ccccc21.c1ccc(COc2ccc3[nH]cc(-c4nc5c6cccnc6c6ncccc6c5[nH]4)c3c2)cc1.c1ccc(COc2cccc3c(-c4nc5c6cccnc6c6ncccc6c5[nH]4)c[nH]c23)cc1. The molecule has 8 N–H and O–H groups in total. The van der Waals surface area contributed by atoms with Crippen molar-refractivity contribution in [2.75, 3.05) is 0 Å². The Morgan fingerprint density at radius 2 is 0.674 bits per heavy atom. The fraction of sp³-hybridized carbons (Fsp3) is 0.0192. The van der Waals surface area contributed by atoms with Crippen LogP contribution in [-0.4, -0.2) is 105 Å². The minimum absolute atomic E-state index is 0.511. The van der Waals surface area contributed by atoms with Crippen molar-refractivity contribution in [3.8, 4) is 68.3 Å². The van der Waals surface area contributed by atoms with Gasteiger partial charge in [-0.25, -0.2) is 19.9 Å². The summed E-state index contributed by atoms with van der Waals surface area (Å²) in [7, 11) is 0. The monoisotopic (exact) mass is 1800 g/mol. The van der Waals surface area contributed by atoms with Crippen LogP contribution < -0.4 is 9.47 Å². The summed E-state index contributed by atoms with van der Waals surface area (Å²) in [5, 5.41) is 23.2. The van der Waals surface area contributed by atoms with E-state index in [2.05, 4.69) is 167 Å². The lowest BCUT2D eigenvalue weighted by Gasteiger charge is -2.07. The minimum Gasteiger partial charge on any atom is -0.489 e. The number of aromatic nitrogens is 20. The maximum atomic E-state index is 11.2. The molecule has 0 aliphatic heterocycles. The average molecular weight is 1800 g/mol. The molecular weight excluding hydrogens is 1740 g/mol. The highest BCUT2D eigenvalue weighted by Gasteiger charge is 2.27. The lowest BCUT2D eigenvalue weighted by atomic mass is 10.0. The lowest BCUT2D eigenvalue weighted by molar-refractivity contribution is 0.205. The number of rotatable bonds is 11. The maximum absolute atomic E-state index is 11.2. The zero-order valence-corrected chi connectivity index (χ0v) is 71.1. The molecule has 16 heterocycles. The van der Waals surface area contributed by atoms with Crippen molar-refractivity contribution in [1.29, 1.82) is 0 Å². The first-order valence-electron chi connectivity index (χ1n) is 41.7. The molecule has 27 rings (SSSR count). The summed E-state index contributed by atoms with van der Waals surface area (Å²) in [6.45, 7) is 1.03. The van der Waals surface area contributed by atoms with Crippen molar-refractivity contribution in [2.45, 2.75) is 13.2 Å². The number of benzene rings is 11. The highest BCUT2D eigenvalue weighted by molar-refractivity contribution is 9.11. The maximum Gasteiger partial charge on any atom is 0.143 e. The molecule has 0 atom stereocenters. The Kier molecular flexibility index (Phi) is 18.5. The normalized spacial score (nSPS) is 11.7. The van der Waals surface area contributed by atoms with Gasteiger partial charge in [0, 0.05) is 170 Å². The van der Waals surface area contributed by atoms with Crippen LogP contribution in [0.1, 0.15) is 11.1 Å². The molecule has 0 unspecified atom stereocenters. The van der Waals surface area contributed by atoms with E-state index in [0.29, 0.717) is 24.7 Å². The summed E-state index contributed by atoms with van der Waals surface area (Å²) in [5.41, 5.74) is 25.7. The Bertz CT molecular complexity index is 8670. The Labute approximate surface area is 746 Å². The second kappa shape index (κ2) is 31.4. The van der Waals surface area contributed by atoms with Gasteiger partial charge in [0.1, 0.15) is 48.0 Å². The number of halogens is 2. The van der Waals surface area contributed by atoms with Gasteiger partial charge in [-0.1, -0.05) is 137 Å². The number of imidazole rings is 4. The molecule has 614 valence electrons. The molecule has 27 aromatic rings. The average Bonchev–Trinajstić information content (AvgIpc) is 1.55. The summed E-state index contributed by atoms with van der Waals surface area (Å²) >= 11 is 7.21. The molecule has 23 nitrogen and oxygen atoms in total. The highest BCUT2D eigenvalue weighted by atomic mass is 79.9. The smallest absolute Gasteiger partial charge is 0.143 e. The van der Waals surface area contributed by atoms with E-state index in [4.69, 9.17) is 29.4 Å². The molecule has 0 saturated heterocycles. The van der Waals surface area contributed by atoms with Gasteiger partial charge in [-0.15, -0.1) is 0 Å². The topological polar surface area (TPSA) is 309 Å². The van der Waals surface area contributed by atoms with Crippen molar-refractivity contribution >= 4 is 207 Å². The van der Waals surface area contributed by atoms with E-state index < -0.39 is 0 Å². The second-order valence-electron chi connectivity index (χ2n) is 31.2. The van der Waals surface area contributed by atoms with Gasteiger partial charge < -0.3 is 49.6 Å². The minimum atomic E-state index is 0.511. The fourth-order valence-electron chi connectivity index (χ4n) is 17.9. The molecule has 0 saturated carbocycles. The number of nitrogens with zero attached hydrogens (tertiary/aromatic N) is 13. The van der Waals surface area contributed by atoms with E-state index in [9.17, 15) is 5.21 Å². The van der Waals surface area contributed by atoms with E-state index >= 15 is 0 Å². The predicted octanol–water partition coefficient (Wildman–Crippen LogP) is 25.3. The molecule has 0 aliphatic carbocycles. The van der Waals surface area contributed by atoms with Gasteiger partial charge in [0.15, 0.2) is 0 Å². The van der Waals surface area contributed by atoms with Crippen LogP contribution in [0.4, 0.5) is 0 Å². The van der Waals surface area contributed by atoms with Crippen LogP contribution in [0, 0.1) is 0 Å². The molecule has 0 bridgehead atoms. The molecule has 0 aliphatic rings. The van der Waals surface area contributed by atoms with E-state index in [1.165, 1.54) is 4.73 Å². The van der Waals surface area contributed by atoms with Crippen molar-refractivity contribution in [3.63, 3.8) is 0 Å². The van der Waals surface area contributed by atoms with Crippen LogP contribution >= 0.6 is 31.9 Å². The first-order chi connectivity index (χ1) is 63.7. The summed E-state index contributed by atoms with van der Waals surface area (Å²) in [5.74, 6) is 4.72. The van der Waals surface area contributed by atoms with Gasteiger partial charge in [0.25, 0.3) is 0 Å². The Balaban J connectivity index is 0.0000000958. The third-order valence-electron chi connectivity index (χ3n) is 23.7. The van der Waals surface area contributed by atoms with Crippen LogP contribution in [0.5, 0.6) is 11.5 Å². The first-order valence-corrected chi connectivity index (χ1v) is 43.3. The number of hydrogen-bond donors (Lipinski definition) is 8. The van der Waals surface area contributed by atoms with Crippen LogP contribution in [-0.2, 0) is 13.2 Å². The number of aromatic amines is 7. The van der Waals surface area contributed by atoms with Crippen LogP contribution in [0.15, 0.2) is 338 Å². The predicted molar refractivity (Wildman–Crippen MR) is 519 cm³/mol. The van der Waals surface area contributed by atoms with Gasteiger partial charge in [0.05, 0.1) is 116 Å². The molecule has 25 heteroatoms. The van der Waals surface area contributed by atoms with Gasteiger partial charge >= 0.3 is 0 Å². The van der Waals surface area contributed by atoms with Crippen LogP contribution in [0.25, 0.3) is 232 Å². The van der Waals surface area contributed by atoms with Gasteiger partial charge in [-0.3, -0.25) is 39.9 Å². The van der Waals surface area contributed by atoms with Gasteiger partial charge in [0.2, 0.25) is 0 Å². The lowest BCUT2D eigenvalue weighted by Crippen LogP contribution is -1.95. The summed E-state index contributed by atoms with van der Waals surface area (Å²) in [6.07, 6.45) is 20.3. The number of para-hydroxylation sites is 2. The van der Waals surface area contributed by atoms with E-state index in [1.54, 1.807) is 49.6 Å². The van der Waals surface area contributed by atoms with Crippen LogP contribution in [0.3, 0.4) is 0 Å². The standard InChI is InChI=1S/2C28H19N5O.C27H17N5O.C21H11Br2N5/c1-2-7-17(8-3-1)16-34-22-12-4-9-18-21(15-31-23(18)22)28-32-26-19-10-5-13-29-24(19)25-20(27(26)33-28)11-6-14-30-25;1-2-6-17(7-3-1)16-34-18-10-11-23-21(14-18)22(15-31-23)28-32-26-19-8-4-12-29-24(19)25-20(27(26)33-28)9-5-13-30-25;33-32-20-13-5-4-10-17(20)21(26(32)16-8-2-1-3-9-16)27-30-24-18-11-6-14-28-22(18)23-19(25(24)31-27)12-7-15-29-23;22-10-7-13-14(9-26-16(13)15(23)8-10)21-27-19-11-3-1-5-24-17(11)18-12(20(19)28-21)4-2-6-25-18/h2*1-15,31H,16H2,(H,32,33);1-15,33H,(H,30,31);1-9,26H,(H,27,28). The number of nitrogens with one attached hydrogen (secondary N) is 7. The second-order valence-corrected chi connectivity index (χ2v) is 33.0. The Morgan fingerprint density at radius 1 is 0.295 bits per heavy atom. The van der Waals surface area contributed by atoms with Crippen molar-refractivity contribution in [2.24, 2.45) is 0 Å². The summed E-state index contributed by atoms with van der Waals surface area (Å²) < 4.78 is 15.5. The zero-order valence-electron chi connectivity index (χ0n) is 67.9. The number of fused-ring (bicyclic) bond motifs is 28. The summed E-state index contributed by atoms with van der Waals surface area (Å²) in [6, 6.07) is 86.2. The molecule has 11 aromatic carbocycles. The summed E-state index contributed by atoms with van der Waals surface area (Å²) in [4.78, 5) is 81.2. The third kappa shape index (κ3) is 13.1. The number of H-pyrrole nitrogens is 7. The molecule has 0 fully saturated rings. The number of ether oxygens (including phenoxy) is 2. The van der Waals surface area contributed by atoms with E-state index in [0.717, 1.165) is 252 Å². The Morgan fingerprint density at radius 3 is 1.16 bits per heavy atom. The Hall–Kier alpha value is -16.9. The van der Waals surface area contributed by atoms with E-state index in [-0.39, 0.29) is 0 Å². The van der Waals surface area contributed by atoms with Crippen LogP contribution in [0.2, 0.25) is 0 Å². The van der Waals surface area contributed by atoms with Crippen molar-refractivity contribution in [1.82, 2.24) is 99.4 Å². The molecular formula is C104H66Br2N20O3. The van der Waals surface area contributed by atoms with Crippen molar-refractivity contribution in [3.05, 3.63) is 349 Å². The number of hydrogen-bond acceptors (Lipinski definition) is 15. The quantitative estimate of drug-likeness (QED) is 0.0441. The van der Waals surface area contributed by atoms with Gasteiger partial charge in [-0.05, 0) is 167 Å².